The van der Waals surface area contributed by atoms with Crippen LogP contribution in [0.3, 0.4) is 0 Å². The molecule has 3 atom stereocenters. The van der Waals surface area contributed by atoms with E-state index < -0.39 is 0 Å². The molecule has 0 bridgehead atoms. The van der Waals surface area contributed by atoms with Crippen molar-refractivity contribution in [1.29, 1.82) is 0 Å². The molecule has 2 aromatic rings. The van der Waals surface area contributed by atoms with E-state index in [-0.39, 0.29) is 48.8 Å². The van der Waals surface area contributed by atoms with Gasteiger partial charge in [0.2, 0.25) is 11.8 Å². The van der Waals surface area contributed by atoms with Gasteiger partial charge in [0.25, 0.3) is 5.91 Å². The zero-order chi connectivity index (χ0) is 26.2. The molecule has 3 amide bonds. The van der Waals surface area contributed by atoms with Crippen molar-refractivity contribution in [3.8, 4) is 5.75 Å². The maximum atomic E-state index is 13.4. The molecule has 0 aliphatic carbocycles. The molecule has 1 aliphatic rings. The highest BCUT2D eigenvalue weighted by molar-refractivity contribution is 5.99. The van der Waals surface area contributed by atoms with Crippen LogP contribution in [0, 0.1) is 5.92 Å². The number of anilines is 1. The SMILES string of the molecule is CCC(=O)Nc1ccc2c(c1)C(=O)N(C)C[C@H](OC)[C@@H](C)CN(C(=O)Cc1ccccn1)[C@@H](C)CO2. The van der Waals surface area contributed by atoms with E-state index in [9.17, 15) is 14.4 Å². The number of carbonyl (C=O) groups is 3. The van der Waals surface area contributed by atoms with Crippen LogP contribution in [0.2, 0.25) is 0 Å². The number of rotatable bonds is 5. The van der Waals surface area contributed by atoms with Crippen molar-refractivity contribution in [1.82, 2.24) is 14.8 Å². The van der Waals surface area contributed by atoms with E-state index >= 15 is 0 Å². The number of hydrogen-bond donors (Lipinski definition) is 1. The third kappa shape index (κ3) is 6.81. The molecule has 0 saturated heterocycles. The molecule has 2 heterocycles. The van der Waals surface area contributed by atoms with Crippen LogP contribution in [-0.4, -0.2) is 78.5 Å². The second-order valence-corrected chi connectivity index (χ2v) is 9.25. The third-order valence-corrected chi connectivity index (χ3v) is 6.43. The van der Waals surface area contributed by atoms with Crippen LogP contribution < -0.4 is 10.1 Å². The van der Waals surface area contributed by atoms with Crippen LogP contribution in [0.25, 0.3) is 0 Å². The first-order chi connectivity index (χ1) is 17.2. The van der Waals surface area contributed by atoms with Crippen molar-refractivity contribution in [3.63, 3.8) is 0 Å². The van der Waals surface area contributed by atoms with E-state index in [1.54, 1.807) is 50.4 Å². The van der Waals surface area contributed by atoms with E-state index in [1.165, 1.54) is 0 Å². The summed E-state index contributed by atoms with van der Waals surface area (Å²) in [5.41, 5.74) is 1.57. The zero-order valence-electron chi connectivity index (χ0n) is 21.7. The molecule has 1 N–H and O–H groups in total. The average molecular weight is 497 g/mol. The molecule has 9 nitrogen and oxygen atoms in total. The number of benzene rings is 1. The Labute approximate surface area is 212 Å². The standard InChI is InChI=1S/C27H36N4O5/c1-6-25(32)29-21-10-11-23-22(13-21)27(34)30(4)16-24(35-5)18(2)15-31(19(3)17-36-23)26(33)14-20-9-7-8-12-28-20/h7-13,18-19,24H,6,14-17H2,1-5H3,(H,29,32)/t18-,19-,24-/m0/s1. The Morgan fingerprint density at radius 1 is 1.19 bits per heavy atom. The van der Waals surface area contributed by atoms with Crippen LogP contribution in [0.4, 0.5) is 5.69 Å². The molecule has 3 rings (SSSR count). The smallest absolute Gasteiger partial charge is 0.257 e. The first kappa shape index (κ1) is 27.1. The number of nitrogens with zero attached hydrogens (tertiary/aromatic N) is 3. The summed E-state index contributed by atoms with van der Waals surface area (Å²) in [6, 6.07) is 10.3. The number of hydrogen-bond acceptors (Lipinski definition) is 6. The fraction of sp³-hybridized carbons (Fsp3) is 0.481. The van der Waals surface area contributed by atoms with Crippen molar-refractivity contribution in [2.24, 2.45) is 5.92 Å². The van der Waals surface area contributed by atoms with Gasteiger partial charge >= 0.3 is 0 Å². The number of pyridine rings is 1. The van der Waals surface area contributed by atoms with Crippen LogP contribution >= 0.6 is 0 Å². The number of fused-ring (bicyclic) bond motifs is 1. The van der Waals surface area contributed by atoms with Crippen molar-refractivity contribution in [2.45, 2.75) is 45.8 Å². The Bertz CT molecular complexity index is 1060. The highest BCUT2D eigenvalue weighted by Crippen LogP contribution is 2.26. The van der Waals surface area contributed by atoms with Crippen molar-refractivity contribution in [3.05, 3.63) is 53.9 Å². The summed E-state index contributed by atoms with van der Waals surface area (Å²) < 4.78 is 11.8. The number of nitrogens with one attached hydrogen (secondary N) is 1. The van der Waals surface area contributed by atoms with Crippen LogP contribution in [0.1, 0.15) is 43.2 Å². The summed E-state index contributed by atoms with van der Waals surface area (Å²) in [5, 5.41) is 2.80. The Hall–Kier alpha value is -3.46. The summed E-state index contributed by atoms with van der Waals surface area (Å²) in [6.07, 6.45) is 1.90. The fourth-order valence-electron chi connectivity index (χ4n) is 4.21. The Morgan fingerprint density at radius 3 is 2.64 bits per heavy atom. The fourth-order valence-corrected chi connectivity index (χ4v) is 4.21. The first-order valence-corrected chi connectivity index (χ1v) is 12.3. The molecule has 0 spiro atoms. The van der Waals surface area contributed by atoms with Gasteiger partial charge in [-0.1, -0.05) is 19.9 Å². The zero-order valence-corrected chi connectivity index (χ0v) is 21.7. The lowest BCUT2D eigenvalue weighted by atomic mass is 10.0. The van der Waals surface area contributed by atoms with Crippen LogP contribution in [0.5, 0.6) is 5.75 Å². The Balaban J connectivity index is 1.93. The summed E-state index contributed by atoms with van der Waals surface area (Å²) in [5.74, 6) is -0.0786. The summed E-state index contributed by atoms with van der Waals surface area (Å²) in [4.78, 5) is 46.3. The monoisotopic (exact) mass is 496 g/mol. The molecule has 194 valence electrons. The Morgan fingerprint density at radius 2 is 1.97 bits per heavy atom. The molecule has 0 saturated carbocycles. The van der Waals surface area contributed by atoms with E-state index in [1.807, 2.05) is 36.9 Å². The predicted octanol–water partition coefficient (Wildman–Crippen LogP) is 3.01. The van der Waals surface area contributed by atoms with Gasteiger partial charge < -0.3 is 24.6 Å². The van der Waals surface area contributed by atoms with Gasteiger partial charge in [-0.05, 0) is 37.3 Å². The molecule has 1 aliphatic heterocycles. The maximum absolute atomic E-state index is 13.4. The number of aromatic nitrogens is 1. The second kappa shape index (κ2) is 12.5. The van der Waals surface area contributed by atoms with Gasteiger partial charge in [-0.25, -0.2) is 0 Å². The van der Waals surface area contributed by atoms with Gasteiger partial charge in [-0.2, -0.15) is 0 Å². The molecule has 0 radical (unpaired) electrons. The molecular weight excluding hydrogens is 460 g/mol. The summed E-state index contributed by atoms with van der Waals surface area (Å²) >= 11 is 0. The van der Waals surface area contributed by atoms with Gasteiger partial charge in [0.1, 0.15) is 12.4 Å². The van der Waals surface area contributed by atoms with E-state index in [2.05, 4.69) is 10.3 Å². The largest absolute Gasteiger partial charge is 0.491 e. The normalized spacial score (nSPS) is 21.0. The first-order valence-electron chi connectivity index (χ1n) is 12.3. The van der Waals surface area contributed by atoms with E-state index in [0.29, 0.717) is 42.2 Å². The van der Waals surface area contributed by atoms with Gasteiger partial charge in [-0.15, -0.1) is 0 Å². The van der Waals surface area contributed by atoms with Crippen LogP contribution in [-0.2, 0) is 20.7 Å². The van der Waals surface area contributed by atoms with E-state index in [0.717, 1.165) is 0 Å². The number of methoxy groups -OCH3 is 1. The van der Waals surface area contributed by atoms with Crippen LogP contribution in [0.15, 0.2) is 42.6 Å². The second-order valence-electron chi connectivity index (χ2n) is 9.25. The minimum Gasteiger partial charge on any atom is -0.491 e. The maximum Gasteiger partial charge on any atom is 0.257 e. The molecule has 9 heteroatoms. The topological polar surface area (TPSA) is 101 Å². The highest BCUT2D eigenvalue weighted by atomic mass is 16.5. The highest BCUT2D eigenvalue weighted by Gasteiger charge is 2.30. The van der Waals surface area contributed by atoms with Gasteiger partial charge in [0, 0.05) is 57.2 Å². The Kier molecular flexibility index (Phi) is 9.41. The van der Waals surface area contributed by atoms with Crippen molar-refractivity contribution in [2.75, 3.05) is 39.2 Å². The lowest BCUT2D eigenvalue weighted by Crippen LogP contribution is -2.49. The number of amides is 3. The number of carbonyl (C=O) groups excluding carboxylic acids is 3. The number of ether oxygens (including phenoxy) is 2. The van der Waals surface area contributed by atoms with Crippen molar-refractivity contribution < 1.29 is 23.9 Å². The third-order valence-electron chi connectivity index (χ3n) is 6.43. The molecule has 1 aromatic carbocycles. The summed E-state index contributed by atoms with van der Waals surface area (Å²) in [7, 11) is 3.32. The quantitative estimate of drug-likeness (QED) is 0.683. The molecule has 36 heavy (non-hydrogen) atoms. The molecular formula is C27H36N4O5. The predicted molar refractivity (Wildman–Crippen MR) is 137 cm³/mol. The molecule has 1 aromatic heterocycles. The minimum atomic E-state index is -0.289. The molecule has 0 unspecified atom stereocenters. The van der Waals surface area contributed by atoms with E-state index in [4.69, 9.17) is 9.47 Å². The van der Waals surface area contributed by atoms with Gasteiger partial charge in [0.05, 0.1) is 24.1 Å². The lowest BCUT2D eigenvalue weighted by Gasteiger charge is -2.36. The van der Waals surface area contributed by atoms with Crippen molar-refractivity contribution >= 4 is 23.4 Å². The summed E-state index contributed by atoms with van der Waals surface area (Å²) in [6.45, 7) is 6.69. The molecule has 0 fully saturated rings. The minimum absolute atomic E-state index is 0.0468. The average Bonchev–Trinajstić information content (AvgIpc) is 2.88. The van der Waals surface area contributed by atoms with Gasteiger partial charge in [-0.3, -0.25) is 19.4 Å². The lowest BCUT2D eigenvalue weighted by molar-refractivity contribution is -0.134. The number of likely N-dealkylation sites (N-methyl/N-ethyl adjacent to an activating group) is 1. The van der Waals surface area contributed by atoms with Gasteiger partial charge in [0.15, 0.2) is 0 Å².